The van der Waals surface area contributed by atoms with Gasteiger partial charge >= 0.3 is 12.1 Å². The fourth-order valence-corrected chi connectivity index (χ4v) is 4.85. The van der Waals surface area contributed by atoms with Crippen LogP contribution in [-0.4, -0.2) is 40.7 Å². The molecule has 2 aromatic carbocycles. The molecular weight excluding hydrogens is 428 g/mol. The zero-order valence-corrected chi connectivity index (χ0v) is 20.7. The summed E-state index contributed by atoms with van der Waals surface area (Å²) in [5, 5.41) is 1.19. The SMILES string of the molecule is CCCC[C@H]1Cc2c([nH]c3ccccc23)[C@H](c2ccc(C(=O)OC)cc2)N1C(=O)OC(C)(C)C. The molecule has 4 rings (SSSR count). The Morgan fingerprint density at radius 3 is 2.44 bits per heavy atom. The van der Waals surface area contributed by atoms with E-state index in [0.29, 0.717) is 5.56 Å². The number of aromatic amines is 1. The van der Waals surface area contributed by atoms with Crippen molar-refractivity contribution in [3.8, 4) is 0 Å². The molecule has 0 saturated heterocycles. The lowest BCUT2D eigenvalue weighted by Crippen LogP contribution is -2.49. The average Bonchev–Trinajstić information content (AvgIpc) is 3.18. The fraction of sp³-hybridized carbons (Fsp3) is 0.429. The molecule has 180 valence electrons. The van der Waals surface area contributed by atoms with Gasteiger partial charge in [0, 0.05) is 22.6 Å². The normalized spacial score (nSPS) is 18.0. The minimum Gasteiger partial charge on any atom is -0.465 e. The van der Waals surface area contributed by atoms with Gasteiger partial charge < -0.3 is 14.5 Å². The van der Waals surface area contributed by atoms with Crippen molar-refractivity contribution in [1.82, 2.24) is 9.88 Å². The molecule has 0 radical (unpaired) electrons. The number of hydrogen-bond donors (Lipinski definition) is 1. The Labute approximate surface area is 201 Å². The summed E-state index contributed by atoms with van der Waals surface area (Å²) in [6.45, 7) is 7.85. The molecule has 0 bridgehead atoms. The first-order valence-corrected chi connectivity index (χ1v) is 12.0. The molecule has 1 N–H and O–H groups in total. The largest absolute Gasteiger partial charge is 0.465 e. The number of esters is 1. The molecule has 6 heteroatoms. The third-order valence-corrected chi connectivity index (χ3v) is 6.37. The van der Waals surface area contributed by atoms with E-state index in [1.807, 2.05) is 43.9 Å². The second-order valence-corrected chi connectivity index (χ2v) is 9.97. The van der Waals surface area contributed by atoms with Crippen molar-refractivity contribution in [2.75, 3.05) is 7.11 Å². The lowest BCUT2D eigenvalue weighted by atomic mass is 9.86. The van der Waals surface area contributed by atoms with Gasteiger partial charge in [0.05, 0.1) is 12.7 Å². The van der Waals surface area contributed by atoms with Crippen LogP contribution < -0.4 is 0 Å². The number of ether oxygens (including phenoxy) is 2. The van der Waals surface area contributed by atoms with Gasteiger partial charge in [-0.1, -0.05) is 50.1 Å². The third-order valence-electron chi connectivity index (χ3n) is 6.37. The van der Waals surface area contributed by atoms with Crippen LogP contribution >= 0.6 is 0 Å². The van der Waals surface area contributed by atoms with E-state index in [0.717, 1.165) is 42.5 Å². The van der Waals surface area contributed by atoms with Gasteiger partial charge in [0.15, 0.2) is 0 Å². The summed E-state index contributed by atoms with van der Waals surface area (Å²) in [7, 11) is 1.37. The minimum atomic E-state index is -0.605. The van der Waals surface area contributed by atoms with Gasteiger partial charge in [-0.15, -0.1) is 0 Å². The summed E-state index contributed by atoms with van der Waals surface area (Å²) in [4.78, 5) is 31.1. The monoisotopic (exact) mass is 462 g/mol. The molecular formula is C28H34N2O4. The zero-order chi connectivity index (χ0) is 24.5. The van der Waals surface area contributed by atoms with Crippen LogP contribution in [-0.2, 0) is 15.9 Å². The van der Waals surface area contributed by atoms with E-state index in [-0.39, 0.29) is 24.1 Å². The average molecular weight is 463 g/mol. The van der Waals surface area contributed by atoms with Crippen LogP contribution in [0.5, 0.6) is 0 Å². The molecule has 0 fully saturated rings. The number of H-pyrrole nitrogens is 1. The predicted octanol–water partition coefficient (Wildman–Crippen LogP) is 6.40. The third kappa shape index (κ3) is 4.67. The van der Waals surface area contributed by atoms with Gasteiger partial charge in [0.1, 0.15) is 11.6 Å². The Morgan fingerprint density at radius 2 is 1.79 bits per heavy atom. The van der Waals surface area contributed by atoms with Crippen molar-refractivity contribution in [2.45, 2.75) is 71.1 Å². The van der Waals surface area contributed by atoms with Crippen LogP contribution in [0.15, 0.2) is 48.5 Å². The Bertz CT molecular complexity index is 1170. The summed E-state index contributed by atoms with van der Waals surface area (Å²) < 4.78 is 10.8. The molecule has 3 aromatic rings. The number of nitrogens with one attached hydrogen (secondary N) is 1. The van der Waals surface area contributed by atoms with Crippen molar-refractivity contribution in [3.63, 3.8) is 0 Å². The van der Waals surface area contributed by atoms with Crippen LogP contribution in [0.4, 0.5) is 4.79 Å². The lowest BCUT2D eigenvalue weighted by Gasteiger charge is -2.43. The summed E-state index contributed by atoms with van der Waals surface area (Å²) in [6.07, 6.45) is 3.42. The van der Waals surface area contributed by atoms with E-state index in [1.54, 1.807) is 12.1 Å². The van der Waals surface area contributed by atoms with Crippen molar-refractivity contribution < 1.29 is 19.1 Å². The topological polar surface area (TPSA) is 71.6 Å². The summed E-state index contributed by atoms with van der Waals surface area (Å²) in [6, 6.07) is 15.3. The Balaban J connectivity index is 1.87. The van der Waals surface area contributed by atoms with E-state index in [2.05, 4.69) is 30.1 Å². The number of carbonyl (C=O) groups excluding carboxylic acids is 2. The van der Waals surface area contributed by atoms with E-state index in [9.17, 15) is 9.59 Å². The number of unbranched alkanes of at least 4 members (excludes halogenated alkanes) is 1. The molecule has 6 nitrogen and oxygen atoms in total. The van der Waals surface area contributed by atoms with Crippen LogP contribution in [0.3, 0.4) is 0 Å². The summed E-state index contributed by atoms with van der Waals surface area (Å²) in [5.74, 6) is -0.383. The molecule has 0 aliphatic carbocycles. The second kappa shape index (κ2) is 9.53. The first kappa shape index (κ1) is 23.9. The number of para-hydroxylation sites is 1. The number of hydrogen-bond acceptors (Lipinski definition) is 4. The Morgan fingerprint density at radius 1 is 1.09 bits per heavy atom. The first-order chi connectivity index (χ1) is 16.2. The first-order valence-electron chi connectivity index (χ1n) is 12.0. The van der Waals surface area contributed by atoms with Gasteiger partial charge in [-0.2, -0.15) is 0 Å². The number of amides is 1. The van der Waals surface area contributed by atoms with Gasteiger partial charge in [-0.05, 0) is 62.9 Å². The quantitative estimate of drug-likeness (QED) is 0.446. The number of carbonyl (C=O) groups is 2. The van der Waals surface area contributed by atoms with E-state index in [1.165, 1.54) is 18.1 Å². The Hall–Kier alpha value is -3.28. The van der Waals surface area contributed by atoms with Crippen molar-refractivity contribution in [2.24, 2.45) is 0 Å². The van der Waals surface area contributed by atoms with E-state index in [4.69, 9.17) is 9.47 Å². The molecule has 0 spiro atoms. The van der Waals surface area contributed by atoms with Gasteiger partial charge in [0.25, 0.3) is 0 Å². The minimum absolute atomic E-state index is 0.00629. The molecule has 0 saturated carbocycles. The number of methoxy groups -OCH3 is 1. The molecule has 2 heterocycles. The van der Waals surface area contributed by atoms with Crippen molar-refractivity contribution in [1.29, 1.82) is 0 Å². The number of aromatic nitrogens is 1. The lowest BCUT2D eigenvalue weighted by molar-refractivity contribution is 0.00434. The standard InChI is InChI=1S/C28H34N2O4/c1-6-7-10-20-17-22-21-11-8-9-12-23(21)29-24(22)25(30(20)27(32)34-28(2,3)4)18-13-15-19(16-14-18)26(31)33-5/h8-9,11-16,20,25,29H,6-7,10,17H2,1-5H3/t20-,25-/m0/s1. The van der Waals surface area contributed by atoms with E-state index < -0.39 is 5.60 Å². The van der Waals surface area contributed by atoms with Crippen LogP contribution in [0.2, 0.25) is 0 Å². The number of nitrogens with zero attached hydrogens (tertiary/aromatic N) is 1. The Kier molecular flexibility index (Phi) is 6.69. The maximum atomic E-state index is 13.6. The highest BCUT2D eigenvalue weighted by Gasteiger charge is 2.42. The summed E-state index contributed by atoms with van der Waals surface area (Å²) >= 11 is 0. The molecule has 1 aliphatic rings. The molecule has 1 aromatic heterocycles. The van der Waals surface area contributed by atoms with Gasteiger partial charge in [0.2, 0.25) is 0 Å². The number of benzene rings is 2. The number of fused-ring (bicyclic) bond motifs is 3. The van der Waals surface area contributed by atoms with Gasteiger partial charge in [-0.25, -0.2) is 9.59 Å². The highest BCUT2D eigenvalue weighted by atomic mass is 16.6. The highest BCUT2D eigenvalue weighted by Crippen LogP contribution is 2.42. The van der Waals surface area contributed by atoms with Crippen LogP contribution in [0, 0.1) is 0 Å². The van der Waals surface area contributed by atoms with Gasteiger partial charge in [-0.3, -0.25) is 4.90 Å². The molecule has 1 aliphatic heterocycles. The van der Waals surface area contributed by atoms with E-state index >= 15 is 0 Å². The molecule has 34 heavy (non-hydrogen) atoms. The maximum Gasteiger partial charge on any atom is 0.411 e. The molecule has 1 amide bonds. The highest BCUT2D eigenvalue weighted by molar-refractivity contribution is 5.89. The fourth-order valence-electron chi connectivity index (χ4n) is 4.85. The van der Waals surface area contributed by atoms with Crippen molar-refractivity contribution in [3.05, 3.63) is 70.9 Å². The smallest absolute Gasteiger partial charge is 0.411 e. The molecule has 0 unspecified atom stereocenters. The van der Waals surface area contributed by atoms with Crippen LogP contribution in [0.1, 0.15) is 80.2 Å². The second-order valence-electron chi connectivity index (χ2n) is 9.97. The zero-order valence-electron chi connectivity index (χ0n) is 20.7. The number of rotatable bonds is 5. The predicted molar refractivity (Wildman–Crippen MR) is 133 cm³/mol. The maximum absolute atomic E-state index is 13.6. The van der Waals surface area contributed by atoms with Crippen molar-refractivity contribution >= 4 is 23.0 Å². The summed E-state index contributed by atoms with van der Waals surface area (Å²) in [5.41, 5.74) is 4.11. The molecule has 2 atom stereocenters. The van der Waals surface area contributed by atoms with Crippen LogP contribution in [0.25, 0.3) is 10.9 Å².